The van der Waals surface area contributed by atoms with Crippen molar-refractivity contribution in [2.24, 2.45) is 5.73 Å². The molecule has 0 fully saturated rings. The average molecular weight is 219 g/mol. The first kappa shape index (κ1) is 13.2. The molecular formula is C8H17N3O2S. The topological polar surface area (TPSA) is 84.2 Å². The van der Waals surface area contributed by atoms with Crippen LogP contribution in [0.4, 0.5) is 4.79 Å². The molecule has 0 saturated carbocycles. The van der Waals surface area contributed by atoms with E-state index in [0.717, 1.165) is 17.9 Å². The van der Waals surface area contributed by atoms with Gasteiger partial charge in [0.25, 0.3) is 0 Å². The molecule has 0 bridgehead atoms. The maximum atomic E-state index is 11.0. The molecular weight excluding hydrogens is 202 g/mol. The van der Waals surface area contributed by atoms with Gasteiger partial charge in [-0.25, -0.2) is 4.79 Å². The molecule has 0 aliphatic rings. The highest BCUT2D eigenvalue weighted by Crippen LogP contribution is 2.03. The number of nitrogens with two attached hydrogens (primary N) is 1. The van der Waals surface area contributed by atoms with Crippen molar-refractivity contribution >= 4 is 23.7 Å². The molecule has 0 atom stereocenters. The van der Waals surface area contributed by atoms with Crippen molar-refractivity contribution in [3.05, 3.63) is 0 Å². The molecule has 14 heavy (non-hydrogen) atoms. The second kappa shape index (κ2) is 8.83. The summed E-state index contributed by atoms with van der Waals surface area (Å²) in [5.74, 6) is 1.44. The van der Waals surface area contributed by atoms with Gasteiger partial charge in [0.05, 0.1) is 0 Å². The number of urea groups is 1. The van der Waals surface area contributed by atoms with Gasteiger partial charge in [-0.1, -0.05) is 0 Å². The van der Waals surface area contributed by atoms with E-state index in [2.05, 4.69) is 10.6 Å². The maximum Gasteiger partial charge on any atom is 0.321 e. The van der Waals surface area contributed by atoms with Gasteiger partial charge in [0.2, 0.25) is 5.91 Å². The van der Waals surface area contributed by atoms with Crippen LogP contribution in [0.15, 0.2) is 0 Å². The highest BCUT2D eigenvalue weighted by molar-refractivity contribution is 7.99. The lowest BCUT2D eigenvalue weighted by Crippen LogP contribution is -2.37. The second-order valence-corrected chi connectivity index (χ2v) is 3.86. The summed E-state index contributed by atoms with van der Waals surface area (Å²) in [6.07, 6.45) is 1.32. The Bertz CT molecular complexity index is 187. The molecule has 0 unspecified atom stereocenters. The van der Waals surface area contributed by atoms with Crippen LogP contribution >= 0.6 is 11.8 Å². The first-order valence-corrected chi connectivity index (χ1v) is 5.65. The molecule has 0 aromatic carbocycles. The Morgan fingerprint density at radius 3 is 2.64 bits per heavy atom. The van der Waals surface area contributed by atoms with Crippen LogP contribution in [0.3, 0.4) is 0 Å². The molecule has 0 aliphatic heterocycles. The predicted octanol–water partition coefficient (Wildman–Crippen LogP) is -0.0859. The molecule has 0 saturated heterocycles. The Balaban J connectivity index is 3.31. The van der Waals surface area contributed by atoms with E-state index in [1.165, 1.54) is 7.05 Å². The summed E-state index contributed by atoms with van der Waals surface area (Å²) in [4.78, 5) is 21.7. The standard InChI is InChI=1S/C8H17N3O2S/c1-10-8(13)11-7(12)3-6-14-5-2-4-9/h2-6,9H2,1H3,(H2,10,11,12,13). The Morgan fingerprint density at radius 2 is 2.07 bits per heavy atom. The fourth-order valence-corrected chi connectivity index (χ4v) is 1.61. The zero-order valence-corrected chi connectivity index (χ0v) is 9.15. The van der Waals surface area contributed by atoms with Crippen molar-refractivity contribution in [2.75, 3.05) is 25.1 Å². The number of imide groups is 1. The number of thioether (sulfide) groups is 1. The Morgan fingerprint density at radius 1 is 1.36 bits per heavy atom. The van der Waals surface area contributed by atoms with E-state index in [9.17, 15) is 9.59 Å². The molecule has 0 heterocycles. The van der Waals surface area contributed by atoms with Gasteiger partial charge in [0, 0.05) is 19.2 Å². The summed E-state index contributed by atoms with van der Waals surface area (Å²) in [5, 5.41) is 4.51. The van der Waals surface area contributed by atoms with Crippen molar-refractivity contribution < 1.29 is 9.59 Å². The molecule has 0 aromatic rings. The second-order valence-electron chi connectivity index (χ2n) is 2.63. The van der Waals surface area contributed by atoms with E-state index in [1.54, 1.807) is 11.8 Å². The third-order valence-corrected chi connectivity index (χ3v) is 2.52. The predicted molar refractivity (Wildman–Crippen MR) is 58.2 cm³/mol. The van der Waals surface area contributed by atoms with Gasteiger partial charge >= 0.3 is 6.03 Å². The number of nitrogens with one attached hydrogen (secondary N) is 2. The van der Waals surface area contributed by atoms with Crippen molar-refractivity contribution in [1.29, 1.82) is 0 Å². The van der Waals surface area contributed by atoms with E-state index in [-0.39, 0.29) is 5.91 Å². The highest BCUT2D eigenvalue weighted by atomic mass is 32.2. The molecule has 5 nitrogen and oxygen atoms in total. The Labute approximate surface area is 88.2 Å². The lowest BCUT2D eigenvalue weighted by Gasteiger charge is -2.02. The molecule has 0 aliphatic carbocycles. The van der Waals surface area contributed by atoms with Gasteiger partial charge in [0.1, 0.15) is 0 Å². The van der Waals surface area contributed by atoms with E-state index in [0.29, 0.717) is 13.0 Å². The van der Waals surface area contributed by atoms with Gasteiger partial charge in [0.15, 0.2) is 0 Å². The van der Waals surface area contributed by atoms with E-state index in [1.807, 2.05) is 0 Å². The van der Waals surface area contributed by atoms with E-state index < -0.39 is 6.03 Å². The number of hydrogen-bond acceptors (Lipinski definition) is 4. The van der Waals surface area contributed by atoms with Gasteiger partial charge in [-0.3, -0.25) is 10.1 Å². The van der Waals surface area contributed by atoms with Gasteiger partial charge in [-0.05, 0) is 18.7 Å². The van der Waals surface area contributed by atoms with Gasteiger partial charge < -0.3 is 11.1 Å². The summed E-state index contributed by atoms with van der Waals surface area (Å²) >= 11 is 1.67. The van der Waals surface area contributed by atoms with Crippen LogP contribution in [0, 0.1) is 0 Å². The molecule has 0 radical (unpaired) electrons. The zero-order valence-electron chi connectivity index (χ0n) is 8.34. The first-order valence-electron chi connectivity index (χ1n) is 4.50. The largest absolute Gasteiger partial charge is 0.341 e. The van der Waals surface area contributed by atoms with Crippen LogP contribution in [-0.2, 0) is 4.79 Å². The average Bonchev–Trinajstić information content (AvgIpc) is 2.17. The summed E-state index contributed by atoms with van der Waals surface area (Å²) in [6.45, 7) is 0.678. The Kier molecular flexibility index (Phi) is 8.36. The van der Waals surface area contributed by atoms with Crippen LogP contribution in [0.25, 0.3) is 0 Å². The lowest BCUT2D eigenvalue weighted by atomic mass is 10.4. The zero-order chi connectivity index (χ0) is 10.8. The third kappa shape index (κ3) is 7.88. The van der Waals surface area contributed by atoms with Crippen LogP contribution in [-0.4, -0.2) is 37.0 Å². The van der Waals surface area contributed by atoms with Crippen LogP contribution < -0.4 is 16.4 Å². The summed E-state index contributed by atoms with van der Waals surface area (Å²) < 4.78 is 0. The minimum Gasteiger partial charge on any atom is -0.341 e. The maximum absolute atomic E-state index is 11.0. The van der Waals surface area contributed by atoms with Crippen molar-refractivity contribution in [3.63, 3.8) is 0 Å². The SMILES string of the molecule is CNC(=O)NC(=O)CCSCCCN. The lowest BCUT2D eigenvalue weighted by molar-refractivity contribution is -0.119. The summed E-state index contributed by atoms with van der Waals surface area (Å²) in [6, 6.07) is -0.457. The monoisotopic (exact) mass is 219 g/mol. The highest BCUT2D eigenvalue weighted by Gasteiger charge is 2.04. The first-order chi connectivity index (χ1) is 6.70. The number of carbonyl (C=O) groups excluding carboxylic acids is 2. The molecule has 82 valence electrons. The molecule has 3 amide bonds. The number of carbonyl (C=O) groups is 2. The quantitative estimate of drug-likeness (QED) is 0.545. The molecule has 0 aromatic heterocycles. The minimum atomic E-state index is -0.457. The summed E-state index contributed by atoms with van der Waals surface area (Å²) in [7, 11) is 1.47. The van der Waals surface area contributed by atoms with Gasteiger partial charge in [-0.2, -0.15) is 11.8 Å². The van der Waals surface area contributed by atoms with Gasteiger partial charge in [-0.15, -0.1) is 0 Å². The van der Waals surface area contributed by atoms with Crippen molar-refractivity contribution in [1.82, 2.24) is 10.6 Å². The fraction of sp³-hybridized carbons (Fsp3) is 0.750. The molecule has 0 spiro atoms. The van der Waals surface area contributed by atoms with Crippen LogP contribution in [0.2, 0.25) is 0 Å². The Hall–Kier alpha value is -0.750. The van der Waals surface area contributed by atoms with Crippen molar-refractivity contribution in [2.45, 2.75) is 12.8 Å². The van der Waals surface area contributed by atoms with E-state index in [4.69, 9.17) is 5.73 Å². The minimum absolute atomic E-state index is 0.246. The van der Waals surface area contributed by atoms with Crippen LogP contribution in [0.1, 0.15) is 12.8 Å². The normalized spacial score (nSPS) is 9.57. The number of hydrogen-bond donors (Lipinski definition) is 3. The number of rotatable bonds is 6. The van der Waals surface area contributed by atoms with Crippen LogP contribution in [0.5, 0.6) is 0 Å². The summed E-state index contributed by atoms with van der Waals surface area (Å²) in [5.41, 5.74) is 5.31. The molecule has 4 N–H and O–H groups in total. The molecule has 6 heteroatoms. The smallest absolute Gasteiger partial charge is 0.321 e. The van der Waals surface area contributed by atoms with Crippen molar-refractivity contribution in [3.8, 4) is 0 Å². The molecule has 0 rings (SSSR count). The third-order valence-electron chi connectivity index (χ3n) is 1.45. The number of amides is 3. The van der Waals surface area contributed by atoms with E-state index >= 15 is 0 Å². The fourth-order valence-electron chi connectivity index (χ4n) is 0.704.